The van der Waals surface area contributed by atoms with E-state index in [1.54, 1.807) is 12.1 Å². The number of carbonyl (C=O) groups excluding carboxylic acids is 1. The zero-order valence-electron chi connectivity index (χ0n) is 13.6. The van der Waals surface area contributed by atoms with Crippen LogP contribution in [-0.4, -0.2) is 55.1 Å². The average molecular weight is 345 g/mol. The normalized spacial score (nSPS) is 15.2. The number of ether oxygens (including phenoxy) is 1. The lowest BCUT2D eigenvalue weighted by Gasteiger charge is -2.26. The Labute approximate surface area is 145 Å². The maximum Gasteiger partial charge on any atom is 0.292 e. The van der Waals surface area contributed by atoms with Gasteiger partial charge in [-0.15, -0.1) is 0 Å². The summed E-state index contributed by atoms with van der Waals surface area (Å²) in [6.45, 7) is 4.06. The van der Waals surface area contributed by atoms with Gasteiger partial charge in [0.05, 0.1) is 18.1 Å². The maximum absolute atomic E-state index is 12.0. The minimum Gasteiger partial charge on any atom is -0.379 e. The van der Waals surface area contributed by atoms with E-state index in [9.17, 15) is 14.9 Å². The highest BCUT2D eigenvalue weighted by atomic mass is 16.6. The summed E-state index contributed by atoms with van der Waals surface area (Å²) in [7, 11) is 0. The number of nitriles is 1. The molecule has 132 valence electrons. The van der Waals surface area contributed by atoms with E-state index >= 15 is 0 Å². The third kappa shape index (κ3) is 5.56. The van der Waals surface area contributed by atoms with Gasteiger partial charge < -0.3 is 15.4 Å². The number of morpholine rings is 1. The summed E-state index contributed by atoms with van der Waals surface area (Å²) in [5, 5.41) is 25.4. The number of nitrogens with zero attached hydrogens (tertiary/aromatic N) is 3. The molecule has 1 amide bonds. The van der Waals surface area contributed by atoms with Crippen LogP contribution in [0.15, 0.2) is 36.0 Å². The van der Waals surface area contributed by atoms with Gasteiger partial charge in [-0.1, -0.05) is 12.1 Å². The van der Waals surface area contributed by atoms with E-state index < -0.39 is 10.8 Å². The van der Waals surface area contributed by atoms with Crippen LogP contribution >= 0.6 is 0 Å². The minimum atomic E-state index is -0.537. The number of nitrogens with one attached hydrogen (secondary N) is 2. The van der Waals surface area contributed by atoms with Gasteiger partial charge in [-0.05, 0) is 6.07 Å². The molecule has 2 N–H and O–H groups in total. The number of rotatable bonds is 7. The number of nitro benzene ring substituents is 1. The highest BCUT2D eigenvalue weighted by molar-refractivity contribution is 5.97. The Morgan fingerprint density at radius 2 is 2.12 bits per heavy atom. The van der Waals surface area contributed by atoms with Gasteiger partial charge in [0.1, 0.15) is 17.3 Å². The molecule has 9 heteroatoms. The van der Waals surface area contributed by atoms with Gasteiger partial charge in [0, 0.05) is 38.4 Å². The summed E-state index contributed by atoms with van der Waals surface area (Å²) < 4.78 is 5.25. The lowest BCUT2D eigenvalue weighted by molar-refractivity contribution is -0.383. The first-order chi connectivity index (χ1) is 12.1. The van der Waals surface area contributed by atoms with Crippen LogP contribution in [0.25, 0.3) is 0 Å². The Morgan fingerprint density at radius 3 is 2.80 bits per heavy atom. The molecule has 1 heterocycles. The highest BCUT2D eigenvalue weighted by Crippen LogP contribution is 2.23. The largest absolute Gasteiger partial charge is 0.379 e. The summed E-state index contributed by atoms with van der Waals surface area (Å²) in [5.41, 5.74) is -0.0785. The Bertz CT molecular complexity index is 692. The summed E-state index contributed by atoms with van der Waals surface area (Å²) in [5.74, 6) is -0.526. The van der Waals surface area contributed by atoms with Crippen molar-refractivity contribution in [3.8, 4) is 6.07 Å². The average Bonchev–Trinajstić information content (AvgIpc) is 2.63. The van der Waals surface area contributed by atoms with E-state index in [0.29, 0.717) is 26.3 Å². The number of hydrogen-bond donors (Lipinski definition) is 2. The molecule has 0 saturated carbocycles. The first-order valence-electron chi connectivity index (χ1n) is 7.80. The quantitative estimate of drug-likeness (QED) is 0.325. The van der Waals surface area contributed by atoms with Crippen LogP contribution in [-0.2, 0) is 9.53 Å². The molecule has 2 rings (SSSR count). The standard InChI is InChI=1S/C16H19N5O4/c17-11-13(12-19-14-3-1-2-4-15(14)21(23)24)16(22)18-5-6-20-7-9-25-10-8-20/h1-4,12,19H,5-10H2,(H,18,22)/b13-12-. The van der Waals surface area contributed by atoms with E-state index in [4.69, 9.17) is 10.00 Å². The Kier molecular flexibility index (Phi) is 6.88. The number of benzene rings is 1. The second-order valence-electron chi connectivity index (χ2n) is 5.30. The van der Waals surface area contributed by atoms with Crippen LogP contribution in [0, 0.1) is 21.4 Å². The minimum absolute atomic E-state index is 0.135. The van der Waals surface area contributed by atoms with Crippen molar-refractivity contribution in [2.24, 2.45) is 0 Å². The lowest BCUT2D eigenvalue weighted by atomic mass is 10.2. The van der Waals surface area contributed by atoms with E-state index in [0.717, 1.165) is 13.1 Å². The molecule has 1 aromatic rings. The molecule has 0 radical (unpaired) electrons. The predicted molar refractivity (Wildman–Crippen MR) is 90.7 cm³/mol. The molecule has 1 aliphatic rings. The molecule has 9 nitrogen and oxygen atoms in total. The van der Waals surface area contributed by atoms with E-state index in [1.807, 2.05) is 0 Å². The van der Waals surface area contributed by atoms with Gasteiger partial charge in [0.2, 0.25) is 0 Å². The molecule has 1 aromatic carbocycles. The van der Waals surface area contributed by atoms with Gasteiger partial charge in [-0.3, -0.25) is 19.8 Å². The zero-order chi connectivity index (χ0) is 18.1. The SMILES string of the molecule is N#C/C(=C/Nc1ccccc1[N+](=O)[O-])C(=O)NCCN1CCOCC1. The van der Waals surface area contributed by atoms with E-state index in [2.05, 4.69) is 15.5 Å². The lowest BCUT2D eigenvalue weighted by Crippen LogP contribution is -2.41. The van der Waals surface area contributed by atoms with Crippen LogP contribution in [0.3, 0.4) is 0 Å². The Hall–Kier alpha value is -2.96. The first kappa shape index (κ1) is 18.4. The van der Waals surface area contributed by atoms with Crippen molar-refractivity contribution < 1.29 is 14.5 Å². The number of hydrogen-bond acceptors (Lipinski definition) is 7. The summed E-state index contributed by atoms with van der Waals surface area (Å²) >= 11 is 0. The second-order valence-corrected chi connectivity index (χ2v) is 5.30. The smallest absolute Gasteiger partial charge is 0.292 e. The molecule has 1 aliphatic heterocycles. The fourth-order valence-corrected chi connectivity index (χ4v) is 2.30. The molecule has 0 aliphatic carbocycles. The molecular weight excluding hydrogens is 326 g/mol. The summed E-state index contributed by atoms with van der Waals surface area (Å²) in [6, 6.07) is 7.79. The van der Waals surface area contributed by atoms with E-state index in [1.165, 1.54) is 24.4 Å². The third-order valence-electron chi connectivity index (χ3n) is 3.66. The highest BCUT2D eigenvalue weighted by Gasteiger charge is 2.14. The van der Waals surface area contributed by atoms with Crippen molar-refractivity contribution >= 4 is 17.3 Å². The molecule has 0 aromatic heterocycles. The van der Waals surface area contributed by atoms with Crippen molar-refractivity contribution in [1.29, 1.82) is 5.26 Å². The molecule has 1 saturated heterocycles. The molecule has 25 heavy (non-hydrogen) atoms. The number of anilines is 1. The number of nitro groups is 1. The van der Waals surface area contributed by atoms with Gasteiger partial charge in [0.15, 0.2) is 0 Å². The maximum atomic E-state index is 12.0. The summed E-state index contributed by atoms with van der Waals surface area (Å²) in [6.07, 6.45) is 1.17. The van der Waals surface area contributed by atoms with Crippen LogP contribution in [0.4, 0.5) is 11.4 Å². The van der Waals surface area contributed by atoms with Crippen LogP contribution in [0.1, 0.15) is 0 Å². The van der Waals surface area contributed by atoms with Gasteiger partial charge in [0.25, 0.3) is 11.6 Å². The van der Waals surface area contributed by atoms with Crippen molar-refractivity contribution in [2.45, 2.75) is 0 Å². The zero-order valence-corrected chi connectivity index (χ0v) is 13.6. The van der Waals surface area contributed by atoms with Gasteiger partial charge in [-0.2, -0.15) is 5.26 Å². The molecular formula is C16H19N5O4. The third-order valence-corrected chi connectivity index (χ3v) is 3.66. The Balaban J connectivity index is 1.90. The predicted octanol–water partition coefficient (Wildman–Crippen LogP) is 0.863. The molecule has 0 spiro atoms. The number of carbonyl (C=O) groups is 1. The Morgan fingerprint density at radius 1 is 1.40 bits per heavy atom. The molecule has 0 unspecified atom stereocenters. The van der Waals surface area contributed by atoms with Crippen molar-refractivity contribution in [2.75, 3.05) is 44.7 Å². The fraction of sp³-hybridized carbons (Fsp3) is 0.375. The van der Waals surface area contributed by atoms with Gasteiger partial charge in [-0.25, -0.2) is 0 Å². The van der Waals surface area contributed by atoms with Crippen LogP contribution < -0.4 is 10.6 Å². The second kappa shape index (κ2) is 9.36. The van der Waals surface area contributed by atoms with Crippen molar-refractivity contribution in [3.63, 3.8) is 0 Å². The number of para-hydroxylation sites is 2. The van der Waals surface area contributed by atoms with E-state index in [-0.39, 0.29) is 16.9 Å². The van der Waals surface area contributed by atoms with Crippen LogP contribution in [0.2, 0.25) is 0 Å². The molecule has 1 fully saturated rings. The topological polar surface area (TPSA) is 121 Å². The fourth-order valence-electron chi connectivity index (χ4n) is 2.30. The molecule has 0 atom stereocenters. The van der Waals surface area contributed by atoms with Gasteiger partial charge >= 0.3 is 0 Å². The summed E-state index contributed by atoms with van der Waals surface area (Å²) in [4.78, 5) is 24.6. The monoisotopic (exact) mass is 345 g/mol. The first-order valence-corrected chi connectivity index (χ1v) is 7.80. The number of amides is 1. The van der Waals surface area contributed by atoms with Crippen molar-refractivity contribution in [3.05, 3.63) is 46.2 Å². The van der Waals surface area contributed by atoms with Crippen molar-refractivity contribution in [1.82, 2.24) is 10.2 Å². The van der Waals surface area contributed by atoms with Crippen LogP contribution in [0.5, 0.6) is 0 Å². The molecule has 0 bridgehead atoms.